The second-order valence-corrected chi connectivity index (χ2v) is 5.35. The Morgan fingerprint density at radius 2 is 2.35 bits per heavy atom. The van der Waals surface area contributed by atoms with Crippen LogP contribution in [0.2, 0.25) is 0 Å². The van der Waals surface area contributed by atoms with E-state index in [0.29, 0.717) is 6.42 Å². The van der Waals surface area contributed by atoms with Crippen molar-refractivity contribution in [3.63, 3.8) is 0 Å². The molecule has 2 rings (SSSR count). The highest BCUT2D eigenvalue weighted by atomic mass is 32.2. The first-order chi connectivity index (χ1) is 8.13. The van der Waals surface area contributed by atoms with Gasteiger partial charge in [0.25, 0.3) is 0 Å². The van der Waals surface area contributed by atoms with Crippen LogP contribution in [0.1, 0.15) is 19.3 Å². The van der Waals surface area contributed by atoms with Crippen molar-refractivity contribution < 1.29 is 13.9 Å². The Hall–Kier alpha value is -1.10. The monoisotopic (exact) mass is 255 g/mol. The fourth-order valence-corrected chi connectivity index (χ4v) is 2.74. The molecule has 0 saturated heterocycles. The average molecular weight is 255 g/mol. The van der Waals surface area contributed by atoms with Crippen LogP contribution < -0.4 is 0 Å². The molecule has 0 aliphatic heterocycles. The zero-order valence-electron chi connectivity index (χ0n) is 9.61. The van der Waals surface area contributed by atoms with Crippen LogP contribution in [0.3, 0.4) is 0 Å². The number of hydrogen-bond acceptors (Lipinski definition) is 4. The molecule has 0 aromatic carbocycles. The molecule has 1 aromatic rings. The standard InChI is InChI=1S/C12H14FNO2S/c1-16-11(15)6-12(4-5-12)8-17-10-3-2-9(13)7-14-10/h2-3,7H,4-6,8H2,1H3. The van der Waals surface area contributed by atoms with Gasteiger partial charge in [-0.05, 0) is 30.4 Å². The Labute approximate surface area is 104 Å². The highest BCUT2D eigenvalue weighted by molar-refractivity contribution is 7.99. The summed E-state index contributed by atoms with van der Waals surface area (Å²) in [6.45, 7) is 0. The van der Waals surface area contributed by atoms with Gasteiger partial charge < -0.3 is 4.74 Å². The number of carbonyl (C=O) groups is 1. The van der Waals surface area contributed by atoms with Crippen LogP contribution in [0.5, 0.6) is 0 Å². The van der Waals surface area contributed by atoms with Crippen molar-refractivity contribution in [3.05, 3.63) is 24.1 Å². The van der Waals surface area contributed by atoms with Gasteiger partial charge in [0.2, 0.25) is 0 Å². The molecule has 0 spiro atoms. The smallest absolute Gasteiger partial charge is 0.306 e. The number of carbonyl (C=O) groups excluding carboxylic acids is 1. The van der Waals surface area contributed by atoms with E-state index in [-0.39, 0.29) is 17.2 Å². The van der Waals surface area contributed by atoms with E-state index >= 15 is 0 Å². The molecular formula is C12H14FNO2S. The first kappa shape index (κ1) is 12.4. The fourth-order valence-electron chi connectivity index (χ4n) is 1.60. The van der Waals surface area contributed by atoms with E-state index in [0.717, 1.165) is 23.6 Å². The van der Waals surface area contributed by atoms with Gasteiger partial charge in [0.05, 0.1) is 24.8 Å². The first-order valence-electron chi connectivity index (χ1n) is 5.45. The molecular weight excluding hydrogens is 241 g/mol. The molecule has 0 amide bonds. The molecule has 0 atom stereocenters. The van der Waals surface area contributed by atoms with E-state index in [1.54, 1.807) is 17.8 Å². The molecule has 3 nitrogen and oxygen atoms in total. The van der Waals surface area contributed by atoms with Gasteiger partial charge in [-0.3, -0.25) is 4.79 Å². The Kier molecular flexibility index (Phi) is 3.66. The number of nitrogens with zero attached hydrogens (tertiary/aromatic N) is 1. The number of aromatic nitrogens is 1. The Bertz CT molecular complexity index is 403. The average Bonchev–Trinajstić information content (AvgIpc) is 3.09. The highest BCUT2D eigenvalue weighted by Crippen LogP contribution is 2.51. The van der Waals surface area contributed by atoms with E-state index in [4.69, 9.17) is 0 Å². The van der Waals surface area contributed by atoms with Crippen molar-refractivity contribution in [2.75, 3.05) is 12.9 Å². The number of rotatable bonds is 5. The van der Waals surface area contributed by atoms with Gasteiger partial charge in [-0.1, -0.05) is 0 Å². The lowest BCUT2D eigenvalue weighted by atomic mass is 10.1. The van der Waals surface area contributed by atoms with Crippen molar-refractivity contribution in [2.24, 2.45) is 5.41 Å². The first-order valence-corrected chi connectivity index (χ1v) is 6.43. The number of methoxy groups -OCH3 is 1. The maximum Gasteiger partial charge on any atom is 0.306 e. The van der Waals surface area contributed by atoms with Gasteiger partial charge in [0.15, 0.2) is 0 Å². The summed E-state index contributed by atoms with van der Waals surface area (Å²) in [5.41, 5.74) is 0.0772. The number of pyridine rings is 1. The summed E-state index contributed by atoms with van der Waals surface area (Å²) in [4.78, 5) is 15.2. The number of ether oxygens (including phenoxy) is 1. The van der Waals surface area contributed by atoms with Gasteiger partial charge in [-0.2, -0.15) is 0 Å². The summed E-state index contributed by atoms with van der Waals surface area (Å²) < 4.78 is 17.3. The molecule has 1 aliphatic carbocycles. The maximum absolute atomic E-state index is 12.7. The van der Waals surface area contributed by atoms with Gasteiger partial charge in [-0.15, -0.1) is 11.8 Å². The fraction of sp³-hybridized carbons (Fsp3) is 0.500. The number of esters is 1. The van der Waals surface area contributed by atoms with E-state index in [1.807, 2.05) is 0 Å². The van der Waals surface area contributed by atoms with Gasteiger partial charge in [0, 0.05) is 5.75 Å². The Morgan fingerprint density at radius 1 is 1.59 bits per heavy atom. The Balaban J connectivity index is 1.85. The minimum absolute atomic E-state index is 0.0772. The van der Waals surface area contributed by atoms with Gasteiger partial charge in [-0.25, -0.2) is 9.37 Å². The maximum atomic E-state index is 12.7. The highest BCUT2D eigenvalue weighted by Gasteiger charge is 2.44. The molecule has 0 radical (unpaired) electrons. The van der Waals surface area contributed by atoms with Crippen molar-refractivity contribution in [3.8, 4) is 0 Å². The predicted octanol–water partition coefficient (Wildman–Crippen LogP) is 2.66. The van der Waals surface area contributed by atoms with Crippen LogP contribution >= 0.6 is 11.8 Å². The lowest BCUT2D eigenvalue weighted by Gasteiger charge is -2.12. The number of thioether (sulfide) groups is 1. The molecule has 1 aliphatic rings. The van der Waals surface area contributed by atoms with Crippen molar-refractivity contribution in [1.82, 2.24) is 4.98 Å². The summed E-state index contributed by atoms with van der Waals surface area (Å²) in [5.74, 6) is 0.348. The number of hydrogen-bond donors (Lipinski definition) is 0. The summed E-state index contributed by atoms with van der Waals surface area (Å²) >= 11 is 1.57. The molecule has 1 aromatic heterocycles. The third-order valence-corrected chi connectivity index (χ3v) is 4.22. The number of halogens is 1. The largest absolute Gasteiger partial charge is 0.469 e. The molecule has 5 heteroatoms. The minimum Gasteiger partial charge on any atom is -0.469 e. The lowest BCUT2D eigenvalue weighted by molar-refractivity contribution is -0.141. The van der Waals surface area contributed by atoms with Crippen molar-refractivity contribution in [1.29, 1.82) is 0 Å². The van der Waals surface area contributed by atoms with Crippen LogP contribution in [-0.2, 0) is 9.53 Å². The quantitative estimate of drug-likeness (QED) is 0.599. The van der Waals surface area contributed by atoms with Crippen LogP contribution in [-0.4, -0.2) is 23.8 Å². The SMILES string of the molecule is COC(=O)CC1(CSc2ccc(F)cn2)CC1. The molecule has 92 valence electrons. The molecule has 1 fully saturated rings. The van der Waals surface area contributed by atoms with E-state index in [2.05, 4.69) is 9.72 Å². The van der Waals surface area contributed by atoms with Crippen LogP contribution in [0.15, 0.2) is 23.4 Å². The summed E-state index contributed by atoms with van der Waals surface area (Å²) in [6.07, 6.45) is 3.78. The molecule has 0 unspecified atom stereocenters. The lowest BCUT2D eigenvalue weighted by Crippen LogP contribution is -2.13. The van der Waals surface area contributed by atoms with Crippen molar-refractivity contribution in [2.45, 2.75) is 24.3 Å². The van der Waals surface area contributed by atoms with Crippen molar-refractivity contribution >= 4 is 17.7 Å². The van der Waals surface area contributed by atoms with Gasteiger partial charge >= 0.3 is 5.97 Å². The van der Waals surface area contributed by atoms with E-state index in [9.17, 15) is 9.18 Å². The molecule has 0 bridgehead atoms. The zero-order valence-corrected chi connectivity index (χ0v) is 10.4. The predicted molar refractivity (Wildman–Crippen MR) is 63.2 cm³/mol. The van der Waals surface area contributed by atoms with Crippen LogP contribution in [0.4, 0.5) is 4.39 Å². The second kappa shape index (κ2) is 5.04. The summed E-state index contributed by atoms with van der Waals surface area (Å²) in [6, 6.07) is 3.06. The Morgan fingerprint density at radius 3 is 2.88 bits per heavy atom. The van der Waals surface area contributed by atoms with E-state index < -0.39 is 0 Å². The van der Waals surface area contributed by atoms with Crippen LogP contribution in [0, 0.1) is 11.2 Å². The molecule has 17 heavy (non-hydrogen) atoms. The molecule has 1 heterocycles. The van der Waals surface area contributed by atoms with Gasteiger partial charge in [0.1, 0.15) is 5.82 Å². The normalized spacial score (nSPS) is 16.6. The summed E-state index contributed by atoms with van der Waals surface area (Å²) in [5, 5.41) is 0.794. The second-order valence-electron chi connectivity index (χ2n) is 4.36. The zero-order chi connectivity index (χ0) is 12.3. The van der Waals surface area contributed by atoms with Crippen LogP contribution in [0.25, 0.3) is 0 Å². The summed E-state index contributed by atoms with van der Waals surface area (Å²) in [7, 11) is 1.41. The topological polar surface area (TPSA) is 39.2 Å². The van der Waals surface area contributed by atoms with E-state index in [1.165, 1.54) is 19.4 Å². The third kappa shape index (κ3) is 3.43. The molecule has 1 saturated carbocycles. The minimum atomic E-state index is -0.329. The third-order valence-electron chi connectivity index (χ3n) is 2.93. The molecule has 0 N–H and O–H groups in total.